The Bertz CT molecular complexity index is 85.7. The maximum absolute atomic E-state index is 6.32. The van der Waals surface area contributed by atoms with E-state index in [0.717, 1.165) is 5.54 Å². The van der Waals surface area contributed by atoms with Gasteiger partial charge in [0.1, 0.15) is 0 Å². The fraction of sp³-hybridized carbons (Fsp3) is 1.00. The summed E-state index contributed by atoms with van der Waals surface area (Å²) in [4.78, 5) is 0. The average molecular weight is 179 g/mol. The molecule has 0 radical (unpaired) electrons. The lowest BCUT2D eigenvalue weighted by atomic mass is 10.2. The Labute approximate surface area is 70.7 Å². The van der Waals surface area contributed by atoms with Crippen molar-refractivity contribution in [2.24, 2.45) is 0 Å². The van der Waals surface area contributed by atoms with E-state index in [-0.39, 0.29) is 0 Å². The molecule has 0 aromatic rings. The molecule has 0 rings (SSSR count). The predicted octanol–water partition coefficient (Wildman–Crippen LogP) is 4.01. The molecule has 2 heteroatoms. The molecule has 0 saturated carbocycles. The monoisotopic (exact) mass is 178 g/mol. The maximum atomic E-state index is 6.32. The normalized spacial score (nSPS) is 15.3. The van der Waals surface area contributed by atoms with Crippen LogP contribution in [0.1, 0.15) is 33.1 Å². The molecule has 0 aromatic heterocycles. The van der Waals surface area contributed by atoms with E-state index in [1.807, 2.05) is 0 Å². The molecule has 1 unspecified atom stereocenters. The van der Waals surface area contributed by atoms with Crippen molar-refractivity contribution >= 4 is 18.5 Å². The molecule has 0 bridgehead atoms. The molecule has 62 valence electrons. The van der Waals surface area contributed by atoms with Gasteiger partial charge in [-0.05, 0) is 5.54 Å². The first kappa shape index (κ1) is 10.5. The van der Waals surface area contributed by atoms with Crippen LogP contribution in [0.15, 0.2) is 0 Å². The standard InChI is InChI=1S/C8H19ClSi/c1-5-7-8(6-2)10(3,4)9/h8H,5-7H2,1-4H3. The van der Waals surface area contributed by atoms with Gasteiger partial charge < -0.3 is 0 Å². The summed E-state index contributed by atoms with van der Waals surface area (Å²) in [6, 6.07) is 0. The van der Waals surface area contributed by atoms with E-state index in [2.05, 4.69) is 26.9 Å². The second kappa shape index (κ2) is 4.40. The summed E-state index contributed by atoms with van der Waals surface area (Å²) in [5.74, 6) is 0. The third kappa shape index (κ3) is 3.62. The van der Waals surface area contributed by atoms with E-state index in [1.165, 1.54) is 19.3 Å². The van der Waals surface area contributed by atoms with Crippen LogP contribution in [0, 0.1) is 0 Å². The molecule has 0 saturated heterocycles. The van der Waals surface area contributed by atoms with Gasteiger partial charge in [-0.2, -0.15) is 11.1 Å². The molecule has 0 heterocycles. The quantitative estimate of drug-likeness (QED) is 0.451. The zero-order valence-electron chi connectivity index (χ0n) is 7.58. The van der Waals surface area contributed by atoms with Gasteiger partial charge in [-0.25, -0.2) is 0 Å². The van der Waals surface area contributed by atoms with Gasteiger partial charge in [-0.1, -0.05) is 46.2 Å². The van der Waals surface area contributed by atoms with Crippen LogP contribution >= 0.6 is 11.1 Å². The fourth-order valence-corrected chi connectivity index (χ4v) is 4.12. The molecular weight excluding hydrogens is 160 g/mol. The van der Waals surface area contributed by atoms with Crippen LogP contribution in [0.5, 0.6) is 0 Å². The molecule has 1 atom stereocenters. The highest BCUT2D eigenvalue weighted by Crippen LogP contribution is 2.32. The van der Waals surface area contributed by atoms with Gasteiger partial charge in [0.2, 0.25) is 0 Å². The minimum absolute atomic E-state index is 0.819. The lowest BCUT2D eigenvalue weighted by molar-refractivity contribution is 0.683. The molecule has 0 nitrogen and oxygen atoms in total. The highest BCUT2D eigenvalue weighted by molar-refractivity contribution is 7.19. The summed E-state index contributed by atoms with van der Waals surface area (Å²) >= 11 is 6.32. The number of rotatable bonds is 4. The van der Waals surface area contributed by atoms with Gasteiger partial charge in [-0.3, -0.25) is 0 Å². The highest BCUT2D eigenvalue weighted by atomic mass is 35.6. The van der Waals surface area contributed by atoms with Crippen molar-refractivity contribution in [3.8, 4) is 0 Å². The Kier molecular flexibility index (Phi) is 4.62. The van der Waals surface area contributed by atoms with Crippen molar-refractivity contribution < 1.29 is 0 Å². The highest BCUT2D eigenvalue weighted by Gasteiger charge is 2.26. The summed E-state index contributed by atoms with van der Waals surface area (Å²) in [6.45, 7) is 8.98. The van der Waals surface area contributed by atoms with E-state index in [0.29, 0.717) is 0 Å². The van der Waals surface area contributed by atoms with Crippen LogP contribution in [0.2, 0.25) is 18.6 Å². The van der Waals surface area contributed by atoms with E-state index >= 15 is 0 Å². The Morgan fingerprint density at radius 3 is 1.90 bits per heavy atom. The van der Waals surface area contributed by atoms with E-state index in [4.69, 9.17) is 11.1 Å². The number of hydrogen-bond acceptors (Lipinski definition) is 0. The maximum Gasteiger partial charge on any atom is 0.153 e. The average Bonchev–Trinajstić information content (AvgIpc) is 1.80. The third-order valence-corrected chi connectivity index (χ3v) is 5.67. The van der Waals surface area contributed by atoms with Crippen LogP contribution in [-0.2, 0) is 0 Å². The molecule has 0 amide bonds. The SMILES string of the molecule is CCCC(CC)[Si](C)(C)Cl. The third-order valence-electron chi connectivity index (χ3n) is 2.10. The lowest BCUT2D eigenvalue weighted by Gasteiger charge is -2.24. The van der Waals surface area contributed by atoms with Crippen LogP contribution < -0.4 is 0 Å². The second-order valence-electron chi connectivity index (χ2n) is 3.46. The summed E-state index contributed by atoms with van der Waals surface area (Å²) in [7, 11) is -1.34. The Hall–Kier alpha value is 0.507. The van der Waals surface area contributed by atoms with Gasteiger partial charge in [0.25, 0.3) is 0 Å². The zero-order chi connectivity index (χ0) is 8.20. The van der Waals surface area contributed by atoms with Crippen LogP contribution in [0.4, 0.5) is 0 Å². The summed E-state index contributed by atoms with van der Waals surface area (Å²) in [5.41, 5.74) is 0.819. The van der Waals surface area contributed by atoms with Gasteiger partial charge in [0.05, 0.1) is 0 Å². The molecule has 0 spiro atoms. The van der Waals surface area contributed by atoms with Crippen LogP contribution in [-0.4, -0.2) is 7.38 Å². The van der Waals surface area contributed by atoms with Crippen LogP contribution in [0.3, 0.4) is 0 Å². The smallest absolute Gasteiger partial charge is 0.153 e. The van der Waals surface area contributed by atoms with Gasteiger partial charge in [0.15, 0.2) is 7.38 Å². The van der Waals surface area contributed by atoms with Gasteiger partial charge in [-0.15, -0.1) is 0 Å². The molecule has 10 heavy (non-hydrogen) atoms. The second-order valence-corrected chi connectivity index (χ2v) is 10.3. The summed E-state index contributed by atoms with van der Waals surface area (Å²) in [5, 5.41) is 0. The first-order chi connectivity index (χ1) is 4.52. The Morgan fingerprint density at radius 1 is 1.30 bits per heavy atom. The van der Waals surface area contributed by atoms with Gasteiger partial charge >= 0.3 is 0 Å². The molecule has 0 N–H and O–H groups in total. The van der Waals surface area contributed by atoms with Gasteiger partial charge in [0, 0.05) is 0 Å². The van der Waals surface area contributed by atoms with E-state index < -0.39 is 7.38 Å². The summed E-state index contributed by atoms with van der Waals surface area (Å²) < 4.78 is 0. The molecule has 0 aliphatic rings. The zero-order valence-corrected chi connectivity index (χ0v) is 9.33. The van der Waals surface area contributed by atoms with Crippen LogP contribution in [0.25, 0.3) is 0 Å². The first-order valence-corrected chi connectivity index (χ1v) is 8.30. The van der Waals surface area contributed by atoms with Crippen molar-refractivity contribution in [3.63, 3.8) is 0 Å². The van der Waals surface area contributed by atoms with Crippen molar-refractivity contribution in [2.45, 2.75) is 51.7 Å². The molecule has 0 aromatic carbocycles. The molecule has 0 fully saturated rings. The fourth-order valence-electron chi connectivity index (χ4n) is 1.38. The lowest BCUT2D eigenvalue weighted by Crippen LogP contribution is -2.24. The first-order valence-electron chi connectivity index (χ1n) is 4.21. The largest absolute Gasteiger partial charge is 0.167 e. The Balaban J connectivity index is 3.81. The molecular formula is C8H19ClSi. The predicted molar refractivity (Wildman–Crippen MR) is 52.3 cm³/mol. The molecule has 0 aliphatic heterocycles. The van der Waals surface area contributed by atoms with Crippen molar-refractivity contribution in [1.29, 1.82) is 0 Å². The summed E-state index contributed by atoms with van der Waals surface area (Å²) in [6.07, 6.45) is 3.86. The minimum atomic E-state index is -1.34. The van der Waals surface area contributed by atoms with Crippen molar-refractivity contribution in [1.82, 2.24) is 0 Å². The number of halogens is 1. The Morgan fingerprint density at radius 2 is 1.80 bits per heavy atom. The van der Waals surface area contributed by atoms with E-state index in [1.54, 1.807) is 0 Å². The van der Waals surface area contributed by atoms with E-state index in [9.17, 15) is 0 Å². The minimum Gasteiger partial charge on any atom is -0.167 e. The molecule has 0 aliphatic carbocycles. The number of hydrogen-bond donors (Lipinski definition) is 0. The van der Waals surface area contributed by atoms with Crippen molar-refractivity contribution in [2.75, 3.05) is 0 Å². The topological polar surface area (TPSA) is 0 Å². The van der Waals surface area contributed by atoms with Crippen molar-refractivity contribution in [3.05, 3.63) is 0 Å².